The summed E-state index contributed by atoms with van der Waals surface area (Å²) in [6.45, 7) is 6.87. The lowest BCUT2D eigenvalue weighted by Gasteiger charge is -2.17. The predicted octanol–water partition coefficient (Wildman–Crippen LogP) is 0.755. The molecule has 56 valence electrons. The number of nitrogens with one attached hydrogen (secondary N) is 1. The molecule has 0 aliphatic heterocycles. The highest BCUT2D eigenvalue weighted by molar-refractivity contribution is 4.68. The lowest BCUT2D eigenvalue weighted by molar-refractivity contribution is 0.144. The summed E-state index contributed by atoms with van der Waals surface area (Å²) in [7, 11) is 0. The highest BCUT2D eigenvalue weighted by Gasteiger charge is 2.08. The summed E-state index contributed by atoms with van der Waals surface area (Å²) in [5, 5.41) is 12.3. The van der Waals surface area contributed by atoms with Crippen LogP contribution < -0.4 is 5.32 Å². The van der Waals surface area contributed by atoms with E-state index in [4.69, 9.17) is 5.11 Å². The Kier molecular flexibility index (Phi) is 4.72. The van der Waals surface area contributed by atoms with Gasteiger partial charge in [0, 0.05) is 6.04 Å². The Morgan fingerprint density at radius 3 is 2.11 bits per heavy atom. The highest BCUT2D eigenvalue weighted by Crippen LogP contribution is 1.95. The number of rotatable bonds is 4. The molecule has 0 spiro atoms. The van der Waals surface area contributed by atoms with Gasteiger partial charge in [-0.25, -0.2) is 0 Å². The molecule has 0 saturated carbocycles. The van der Waals surface area contributed by atoms with Crippen molar-refractivity contribution in [1.82, 2.24) is 5.32 Å². The minimum atomic E-state index is -0.227. The van der Waals surface area contributed by atoms with Crippen LogP contribution >= 0.6 is 0 Å². The fourth-order valence-corrected chi connectivity index (χ4v) is 0.918. The molecular formula is C7H17NO. The predicted molar refractivity (Wildman–Crippen MR) is 39.4 cm³/mol. The third kappa shape index (κ3) is 3.49. The molecule has 2 N–H and O–H groups in total. The minimum Gasteiger partial charge on any atom is -0.392 e. The average Bonchev–Trinajstić information content (AvgIpc) is 1.82. The molecule has 2 unspecified atom stereocenters. The van der Waals surface area contributed by atoms with Crippen LogP contribution in [0.2, 0.25) is 0 Å². The Morgan fingerprint density at radius 2 is 2.00 bits per heavy atom. The molecule has 0 fully saturated rings. The summed E-state index contributed by atoms with van der Waals surface area (Å²) in [5.41, 5.74) is 0. The van der Waals surface area contributed by atoms with Gasteiger partial charge >= 0.3 is 0 Å². The number of aliphatic hydroxyl groups excluding tert-OH is 1. The van der Waals surface area contributed by atoms with Gasteiger partial charge < -0.3 is 10.4 Å². The summed E-state index contributed by atoms with van der Waals surface area (Å²) in [5.74, 6) is 0. The van der Waals surface area contributed by atoms with Gasteiger partial charge in [-0.2, -0.15) is 0 Å². The Balaban J connectivity index is 3.41. The third-order valence-electron chi connectivity index (χ3n) is 1.49. The Morgan fingerprint density at radius 1 is 1.44 bits per heavy atom. The molecule has 0 aliphatic rings. The number of aliphatic hydroxyl groups is 1. The minimum absolute atomic E-state index is 0.227. The lowest BCUT2D eigenvalue weighted by Crippen LogP contribution is -2.37. The van der Waals surface area contributed by atoms with Gasteiger partial charge in [-0.05, 0) is 19.9 Å². The number of hydrogen-bond donors (Lipinski definition) is 2. The van der Waals surface area contributed by atoms with E-state index in [2.05, 4.69) is 12.2 Å². The van der Waals surface area contributed by atoms with Crippen molar-refractivity contribution in [3.05, 3.63) is 0 Å². The van der Waals surface area contributed by atoms with Gasteiger partial charge in [0.15, 0.2) is 0 Å². The summed E-state index contributed by atoms with van der Waals surface area (Å²) >= 11 is 0. The Bertz CT molecular complexity index is 63.9. The molecule has 0 aromatic carbocycles. The largest absolute Gasteiger partial charge is 0.392 e. The van der Waals surface area contributed by atoms with Crippen molar-refractivity contribution >= 4 is 0 Å². The fourth-order valence-electron chi connectivity index (χ4n) is 0.918. The SMILES string of the molecule is CCNC(CC)C(C)O. The maximum Gasteiger partial charge on any atom is 0.0664 e. The van der Waals surface area contributed by atoms with Crippen LogP contribution in [-0.2, 0) is 0 Å². The van der Waals surface area contributed by atoms with Crippen molar-refractivity contribution in [2.45, 2.75) is 39.3 Å². The molecule has 0 aromatic rings. The monoisotopic (exact) mass is 131 g/mol. The third-order valence-corrected chi connectivity index (χ3v) is 1.49. The van der Waals surface area contributed by atoms with Crippen LogP contribution in [0.3, 0.4) is 0 Å². The van der Waals surface area contributed by atoms with Crippen LogP contribution in [0, 0.1) is 0 Å². The molecule has 0 radical (unpaired) electrons. The zero-order chi connectivity index (χ0) is 7.28. The fraction of sp³-hybridized carbons (Fsp3) is 1.00. The van der Waals surface area contributed by atoms with Crippen molar-refractivity contribution in [2.24, 2.45) is 0 Å². The first kappa shape index (κ1) is 8.92. The molecule has 0 aliphatic carbocycles. The van der Waals surface area contributed by atoms with E-state index in [9.17, 15) is 0 Å². The van der Waals surface area contributed by atoms with Crippen LogP contribution in [0.1, 0.15) is 27.2 Å². The van der Waals surface area contributed by atoms with Gasteiger partial charge in [0.25, 0.3) is 0 Å². The van der Waals surface area contributed by atoms with E-state index >= 15 is 0 Å². The highest BCUT2D eigenvalue weighted by atomic mass is 16.3. The number of hydrogen-bond acceptors (Lipinski definition) is 2. The maximum absolute atomic E-state index is 9.08. The first-order valence-corrected chi connectivity index (χ1v) is 3.63. The first-order chi connectivity index (χ1) is 4.22. The Hall–Kier alpha value is -0.0800. The van der Waals surface area contributed by atoms with Gasteiger partial charge in [0.1, 0.15) is 0 Å². The van der Waals surface area contributed by atoms with Gasteiger partial charge in [-0.3, -0.25) is 0 Å². The molecule has 2 heteroatoms. The summed E-state index contributed by atoms with van der Waals surface area (Å²) in [6.07, 6.45) is 0.765. The first-order valence-electron chi connectivity index (χ1n) is 3.63. The van der Waals surface area contributed by atoms with Crippen molar-refractivity contribution in [3.63, 3.8) is 0 Å². The van der Waals surface area contributed by atoms with Gasteiger partial charge in [0.05, 0.1) is 6.10 Å². The second kappa shape index (κ2) is 4.77. The quantitative estimate of drug-likeness (QED) is 0.590. The van der Waals surface area contributed by atoms with Crippen LogP contribution in [0.25, 0.3) is 0 Å². The zero-order valence-electron chi connectivity index (χ0n) is 6.52. The molecule has 0 aromatic heterocycles. The van der Waals surface area contributed by atoms with Crippen molar-refractivity contribution < 1.29 is 5.11 Å². The molecule has 0 saturated heterocycles. The molecule has 0 rings (SSSR count). The van der Waals surface area contributed by atoms with Crippen LogP contribution in [0.4, 0.5) is 0 Å². The van der Waals surface area contributed by atoms with E-state index in [0.717, 1.165) is 13.0 Å². The van der Waals surface area contributed by atoms with Crippen LogP contribution in [0.15, 0.2) is 0 Å². The molecular weight excluding hydrogens is 114 g/mol. The van der Waals surface area contributed by atoms with Crippen molar-refractivity contribution in [1.29, 1.82) is 0 Å². The second-order valence-electron chi connectivity index (χ2n) is 2.31. The van der Waals surface area contributed by atoms with E-state index in [1.54, 1.807) is 0 Å². The van der Waals surface area contributed by atoms with Crippen molar-refractivity contribution in [3.8, 4) is 0 Å². The Labute approximate surface area is 57.3 Å². The molecule has 2 nitrogen and oxygen atoms in total. The van der Waals surface area contributed by atoms with Crippen LogP contribution in [0.5, 0.6) is 0 Å². The lowest BCUT2D eigenvalue weighted by atomic mass is 10.1. The molecule has 0 amide bonds. The normalized spacial score (nSPS) is 17.3. The van der Waals surface area contributed by atoms with E-state index in [1.807, 2.05) is 13.8 Å². The smallest absolute Gasteiger partial charge is 0.0664 e. The molecule has 2 atom stereocenters. The average molecular weight is 131 g/mol. The standard InChI is InChI=1S/C7H17NO/c1-4-7(6(3)9)8-5-2/h6-9H,4-5H2,1-3H3. The van der Waals surface area contributed by atoms with Crippen molar-refractivity contribution in [2.75, 3.05) is 6.54 Å². The summed E-state index contributed by atoms with van der Waals surface area (Å²) in [6, 6.07) is 0.273. The zero-order valence-corrected chi connectivity index (χ0v) is 6.52. The van der Waals surface area contributed by atoms with E-state index in [1.165, 1.54) is 0 Å². The topological polar surface area (TPSA) is 32.3 Å². The van der Waals surface area contributed by atoms with E-state index in [-0.39, 0.29) is 12.1 Å². The van der Waals surface area contributed by atoms with Gasteiger partial charge in [0.2, 0.25) is 0 Å². The van der Waals surface area contributed by atoms with Gasteiger partial charge in [-0.1, -0.05) is 13.8 Å². The van der Waals surface area contributed by atoms with Gasteiger partial charge in [-0.15, -0.1) is 0 Å². The summed E-state index contributed by atoms with van der Waals surface area (Å²) < 4.78 is 0. The molecule has 0 heterocycles. The summed E-state index contributed by atoms with van der Waals surface area (Å²) in [4.78, 5) is 0. The maximum atomic E-state index is 9.08. The van der Waals surface area contributed by atoms with E-state index in [0.29, 0.717) is 0 Å². The second-order valence-corrected chi connectivity index (χ2v) is 2.31. The molecule has 9 heavy (non-hydrogen) atoms. The number of likely N-dealkylation sites (N-methyl/N-ethyl adjacent to an activating group) is 1. The van der Waals surface area contributed by atoms with Crippen LogP contribution in [-0.4, -0.2) is 23.8 Å². The molecule has 0 bridgehead atoms. The van der Waals surface area contributed by atoms with E-state index < -0.39 is 0 Å².